The van der Waals surface area contributed by atoms with Crippen LogP contribution >= 0.6 is 0 Å². The van der Waals surface area contributed by atoms with Crippen LogP contribution in [0.4, 0.5) is 5.69 Å². The van der Waals surface area contributed by atoms with Crippen LogP contribution in [0.15, 0.2) is 53.7 Å². The van der Waals surface area contributed by atoms with Crippen LogP contribution in [0.25, 0.3) is 0 Å². The van der Waals surface area contributed by atoms with Crippen LogP contribution in [0.5, 0.6) is 11.5 Å². The highest BCUT2D eigenvalue weighted by Gasteiger charge is 2.02. The summed E-state index contributed by atoms with van der Waals surface area (Å²) < 4.78 is 5.71. The third-order valence-corrected chi connectivity index (χ3v) is 2.65. The van der Waals surface area contributed by atoms with Gasteiger partial charge in [0.2, 0.25) is 0 Å². The summed E-state index contributed by atoms with van der Waals surface area (Å²) in [6, 6.07) is 15.0. The lowest BCUT2D eigenvalue weighted by Crippen LogP contribution is -1.95. The Labute approximate surface area is 112 Å². The summed E-state index contributed by atoms with van der Waals surface area (Å²) in [5.74, 6) is 1.38. The maximum absolute atomic E-state index is 5.83. The largest absolute Gasteiger partial charge is 0.455 e. The van der Waals surface area contributed by atoms with Gasteiger partial charge in [0, 0.05) is 0 Å². The Balaban J connectivity index is 2.16. The van der Waals surface area contributed by atoms with Gasteiger partial charge in [-0.05, 0) is 48.9 Å². The number of para-hydroxylation sites is 2. The predicted molar refractivity (Wildman–Crippen MR) is 76.6 cm³/mol. The minimum absolute atomic E-state index is 0.615. The zero-order chi connectivity index (χ0) is 13.7. The van der Waals surface area contributed by atoms with Crippen LogP contribution in [0, 0.1) is 0 Å². The number of anilines is 1. The molecule has 0 aliphatic heterocycles. The van der Waals surface area contributed by atoms with Gasteiger partial charge in [-0.2, -0.15) is 0 Å². The van der Waals surface area contributed by atoms with Crippen molar-refractivity contribution >= 4 is 11.4 Å². The smallest absolute Gasteiger partial charge is 0.150 e. The molecule has 4 nitrogen and oxygen atoms in total. The maximum Gasteiger partial charge on any atom is 0.150 e. The van der Waals surface area contributed by atoms with Crippen molar-refractivity contribution in [1.82, 2.24) is 0 Å². The molecule has 4 heteroatoms. The third kappa shape index (κ3) is 3.25. The SMILES string of the molecule is CO/N=C(\C)c1ccc(Oc2ccccc2N)cc1. The van der Waals surface area contributed by atoms with Gasteiger partial charge in [0.1, 0.15) is 18.6 Å². The van der Waals surface area contributed by atoms with E-state index in [0.717, 1.165) is 17.0 Å². The predicted octanol–water partition coefficient (Wildman–Crippen LogP) is 3.43. The van der Waals surface area contributed by atoms with Crippen LogP contribution in [-0.4, -0.2) is 12.8 Å². The third-order valence-electron chi connectivity index (χ3n) is 2.65. The van der Waals surface area contributed by atoms with Crippen molar-refractivity contribution in [3.8, 4) is 11.5 Å². The first-order valence-electron chi connectivity index (χ1n) is 5.91. The molecular formula is C15H16N2O2. The van der Waals surface area contributed by atoms with E-state index in [1.807, 2.05) is 49.4 Å². The molecule has 2 aromatic carbocycles. The van der Waals surface area contributed by atoms with E-state index in [1.165, 1.54) is 7.11 Å². The van der Waals surface area contributed by atoms with Crippen molar-refractivity contribution in [2.75, 3.05) is 12.8 Å². The summed E-state index contributed by atoms with van der Waals surface area (Å²) in [5.41, 5.74) is 8.23. The van der Waals surface area contributed by atoms with E-state index in [4.69, 9.17) is 15.3 Å². The molecule has 0 atom stereocenters. The summed E-state index contributed by atoms with van der Waals surface area (Å²) in [5, 5.41) is 3.88. The van der Waals surface area contributed by atoms with E-state index in [0.29, 0.717) is 11.4 Å². The lowest BCUT2D eigenvalue weighted by molar-refractivity contribution is 0.213. The first-order valence-corrected chi connectivity index (χ1v) is 5.91. The molecule has 0 aliphatic carbocycles. The molecule has 98 valence electrons. The number of ether oxygens (including phenoxy) is 1. The molecule has 2 rings (SSSR count). The molecule has 0 heterocycles. The van der Waals surface area contributed by atoms with Crippen molar-refractivity contribution in [2.45, 2.75) is 6.92 Å². The standard InChI is InChI=1S/C15H16N2O2/c1-11(17-18-2)12-7-9-13(10-8-12)19-15-6-4-3-5-14(15)16/h3-10H,16H2,1-2H3/b17-11+. The fourth-order valence-corrected chi connectivity index (χ4v) is 1.65. The van der Waals surface area contributed by atoms with E-state index in [-0.39, 0.29) is 0 Å². The number of oxime groups is 1. The Kier molecular flexibility index (Phi) is 4.03. The van der Waals surface area contributed by atoms with E-state index >= 15 is 0 Å². The molecular weight excluding hydrogens is 240 g/mol. The minimum Gasteiger partial charge on any atom is -0.455 e. The van der Waals surface area contributed by atoms with Gasteiger partial charge in [0.25, 0.3) is 0 Å². The fraction of sp³-hybridized carbons (Fsp3) is 0.133. The van der Waals surface area contributed by atoms with Gasteiger partial charge in [-0.15, -0.1) is 0 Å². The van der Waals surface area contributed by atoms with Gasteiger partial charge in [0.05, 0.1) is 11.4 Å². The Hall–Kier alpha value is -2.49. The average molecular weight is 256 g/mol. The number of benzene rings is 2. The Bertz CT molecular complexity index is 577. The molecule has 2 aromatic rings. The second kappa shape index (κ2) is 5.91. The van der Waals surface area contributed by atoms with Crippen molar-refractivity contribution in [1.29, 1.82) is 0 Å². The monoisotopic (exact) mass is 256 g/mol. The van der Waals surface area contributed by atoms with Crippen LogP contribution in [0.1, 0.15) is 12.5 Å². The Morgan fingerprint density at radius 3 is 2.37 bits per heavy atom. The van der Waals surface area contributed by atoms with Crippen LogP contribution < -0.4 is 10.5 Å². The highest BCUT2D eigenvalue weighted by atomic mass is 16.6. The molecule has 0 aliphatic rings. The van der Waals surface area contributed by atoms with Gasteiger partial charge >= 0.3 is 0 Å². The molecule has 0 saturated heterocycles. The van der Waals surface area contributed by atoms with Gasteiger partial charge in [0.15, 0.2) is 0 Å². The number of hydrogen-bond donors (Lipinski definition) is 1. The van der Waals surface area contributed by atoms with Gasteiger partial charge < -0.3 is 15.3 Å². The lowest BCUT2D eigenvalue weighted by atomic mass is 10.1. The second-order valence-corrected chi connectivity index (χ2v) is 4.02. The highest BCUT2D eigenvalue weighted by molar-refractivity contribution is 5.98. The molecule has 0 spiro atoms. The van der Waals surface area contributed by atoms with Crippen molar-refractivity contribution < 1.29 is 9.57 Å². The molecule has 0 amide bonds. The Morgan fingerprint density at radius 1 is 1.05 bits per heavy atom. The van der Waals surface area contributed by atoms with Crippen LogP contribution in [-0.2, 0) is 4.84 Å². The molecule has 0 aromatic heterocycles. The number of rotatable bonds is 4. The normalized spacial score (nSPS) is 11.2. The van der Waals surface area contributed by atoms with Gasteiger partial charge in [-0.1, -0.05) is 17.3 Å². The summed E-state index contributed by atoms with van der Waals surface area (Å²) >= 11 is 0. The van der Waals surface area contributed by atoms with Crippen LogP contribution in [0.2, 0.25) is 0 Å². The molecule has 0 saturated carbocycles. The number of nitrogens with two attached hydrogens (primary N) is 1. The Morgan fingerprint density at radius 2 is 1.74 bits per heavy atom. The molecule has 19 heavy (non-hydrogen) atoms. The molecule has 0 bridgehead atoms. The summed E-state index contributed by atoms with van der Waals surface area (Å²) in [4.78, 5) is 4.74. The zero-order valence-electron chi connectivity index (χ0n) is 11.0. The van der Waals surface area contributed by atoms with Crippen LogP contribution in [0.3, 0.4) is 0 Å². The molecule has 2 N–H and O–H groups in total. The first kappa shape index (κ1) is 13.0. The molecule has 0 unspecified atom stereocenters. The highest BCUT2D eigenvalue weighted by Crippen LogP contribution is 2.26. The van der Waals surface area contributed by atoms with E-state index in [1.54, 1.807) is 6.07 Å². The van der Waals surface area contributed by atoms with Crippen molar-refractivity contribution in [2.24, 2.45) is 5.16 Å². The first-order chi connectivity index (χ1) is 9.20. The maximum atomic E-state index is 5.83. The second-order valence-electron chi connectivity index (χ2n) is 4.02. The summed E-state index contributed by atoms with van der Waals surface area (Å²) in [6.07, 6.45) is 0. The quantitative estimate of drug-likeness (QED) is 0.518. The van der Waals surface area contributed by atoms with Crippen molar-refractivity contribution in [3.63, 3.8) is 0 Å². The van der Waals surface area contributed by atoms with E-state index in [2.05, 4.69) is 5.16 Å². The number of nitrogens with zero attached hydrogens (tertiary/aromatic N) is 1. The average Bonchev–Trinajstić information content (AvgIpc) is 2.42. The fourth-order valence-electron chi connectivity index (χ4n) is 1.65. The minimum atomic E-state index is 0.615. The molecule has 0 fully saturated rings. The summed E-state index contributed by atoms with van der Waals surface area (Å²) in [6.45, 7) is 1.88. The summed E-state index contributed by atoms with van der Waals surface area (Å²) in [7, 11) is 1.53. The lowest BCUT2D eigenvalue weighted by Gasteiger charge is -2.08. The van der Waals surface area contributed by atoms with E-state index in [9.17, 15) is 0 Å². The van der Waals surface area contributed by atoms with Crippen molar-refractivity contribution in [3.05, 3.63) is 54.1 Å². The molecule has 0 radical (unpaired) electrons. The van der Waals surface area contributed by atoms with Gasteiger partial charge in [-0.25, -0.2) is 0 Å². The number of hydrogen-bond acceptors (Lipinski definition) is 4. The zero-order valence-corrected chi connectivity index (χ0v) is 11.0. The van der Waals surface area contributed by atoms with Gasteiger partial charge in [-0.3, -0.25) is 0 Å². The van der Waals surface area contributed by atoms with E-state index < -0.39 is 0 Å². The number of nitrogen functional groups attached to an aromatic ring is 1. The topological polar surface area (TPSA) is 56.8 Å².